The number of amides is 1. The van der Waals surface area contributed by atoms with E-state index in [1.165, 1.54) is 4.90 Å². The van der Waals surface area contributed by atoms with Crippen molar-refractivity contribution in [3.05, 3.63) is 59.7 Å². The Kier molecular flexibility index (Phi) is 5.43. The fourth-order valence-electron chi connectivity index (χ4n) is 5.89. The van der Waals surface area contributed by atoms with Crippen LogP contribution in [-0.2, 0) is 25.6 Å². The van der Waals surface area contributed by atoms with Crippen LogP contribution in [0.15, 0.2) is 48.5 Å². The Hall–Kier alpha value is -3.19. The maximum Gasteiger partial charge on any atom is 0.328 e. The van der Waals surface area contributed by atoms with E-state index in [9.17, 15) is 14.4 Å². The van der Waals surface area contributed by atoms with Crippen molar-refractivity contribution >= 4 is 29.0 Å². The molecule has 0 aromatic heterocycles. The van der Waals surface area contributed by atoms with E-state index in [0.717, 1.165) is 48.2 Å². The summed E-state index contributed by atoms with van der Waals surface area (Å²) in [4.78, 5) is 45.3. The summed E-state index contributed by atoms with van der Waals surface area (Å²) in [6.07, 6.45) is 3.52. The first-order chi connectivity index (χ1) is 15.6. The van der Waals surface area contributed by atoms with Crippen molar-refractivity contribution in [2.75, 3.05) is 16.8 Å². The molecule has 3 N–H and O–H groups in total. The second kappa shape index (κ2) is 8.39. The van der Waals surface area contributed by atoms with Gasteiger partial charge in [0, 0.05) is 36.3 Å². The standard InChI is InChI=1S/C25H27N3O4/c26-32-25(31)18(14-22(29)24(30)28-13-12-15-6-1-4-11-21(15)28)23-16-7-2-3-9-19(16)27-20-10-5-8-17(20)23/h1-4,6-7,9,11,17-18,20,23,27H,5,8,10,12-14,26H2. The van der Waals surface area contributed by atoms with Gasteiger partial charge in [-0.15, -0.1) is 0 Å². The minimum Gasteiger partial charge on any atom is -0.382 e. The number of benzene rings is 2. The number of carbonyl (C=O) groups excluding carboxylic acids is 3. The van der Waals surface area contributed by atoms with Crippen LogP contribution in [0, 0.1) is 11.8 Å². The fraction of sp³-hybridized carbons (Fsp3) is 0.400. The van der Waals surface area contributed by atoms with E-state index < -0.39 is 23.6 Å². The van der Waals surface area contributed by atoms with E-state index in [2.05, 4.69) is 10.2 Å². The van der Waals surface area contributed by atoms with Crippen molar-refractivity contribution in [3.63, 3.8) is 0 Å². The molecule has 7 heteroatoms. The minimum absolute atomic E-state index is 0.185. The molecule has 166 valence electrons. The average Bonchev–Trinajstić information content (AvgIpc) is 3.47. The Morgan fingerprint density at radius 3 is 2.72 bits per heavy atom. The van der Waals surface area contributed by atoms with Gasteiger partial charge in [-0.25, -0.2) is 0 Å². The smallest absolute Gasteiger partial charge is 0.328 e. The number of carbonyl (C=O) groups is 3. The first-order valence-electron chi connectivity index (χ1n) is 11.3. The van der Waals surface area contributed by atoms with Crippen LogP contribution < -0.4 is 16.1 Å². The summed E-state index contributed by atoms with van der Waals surface area (Å²) in [5.41, 5.74) is 3.78. The SMILES string of the molecule is NOC(=O)C(CC(=O)C(=O)N1CCc2ccccc21)C1c2ccccc2NC2CCCC21. The number of nitrogens with zero attached hydrogens (tertiary/aromatic N) is 1. The fourth-order valence-corrected chi connectivity index (χ4v) is 5.89. The molecule has 0 saturated heterocycles. The molecular weight excluding hydrogens is 406 g/mol. The van der Waals surface area contributed by atoms with Gasteiger partial charge in [-0.3, -0.25) is 14.4 Å². The molecule has 0 spiro atoms. The topological polar surface area (TPSA) is 102 Å². The highest BCUT2D eigenvalue weighted by molar-refractivity contribution is 6.41. The van der Waals surface area contributed by atoms with Gasteiger partial charge in [0.15, 0.2) is 0 Å². The maximum absolute atomic E-state index is 13.2. The number of para-hydroxylation sites is 2. The molecule has 7 nitrogen and oxygen atoms in total. The van der Waals surface area contributed by atoms with Crippen molar-refractivity contribution < 1.29 is 19.2 Å². The first kappa shape index (κ1) is 20.7. The zero-order valence-corrected chi connectivity index (χ0v) is 17.8. The monoisotopic (exact) mass is 433 g/mol. The van der Waals surface area contributed by atoms with Gasteiger partial charge in [-0.2, -0.15) is 5.90 Å². The van der Waals surface area contributed by atoms with Gasteiger partial charge in [0.05, 0.1) is 5.92 Å². The summed E-state index contributed by atoms with van der Waals surface area (Å²) in [5, 5.41) is 3.59. The molecule has 32 heavy (non-hydrogen) atoms. The average molecular weight is 434 g/mol. The van der Waals surface area contributed by atoms with Crippen LogP contribution in [0.25, 0.3) is 0 Å². The van der Waals surface area contributed by atoms with Crippen molar-refractivity contribution in [1.29, 1.82) is 0 Å². The van der Waals surface area contributed by atoms with E-state index in [0.29, 0.717) is 6.54 Å². The van der Waals surface area contributed by atoms with Crippen LogP contribution in [0.3, 0.4) is 0 Å². The van der Waals surface area contributed by atoms with Crippen LogP contribution in [0.4, 0.5) is 11.4 Å². The van der Waals surface area contributed by atoms with Crippen molar-refractivity contribution in [2.45, 2.75) is 44.1 Å². The second-order valence-corrected chi connectivity index (χ2v) is 8.96. The molecule has 1 saturated carbocycles. The molecule has 0 radical (unpaired) electrons. The van der Waals surface area contributed by atoms with Gasteiger partial charge in [-0.1, -0.05) is 42.8 Å². The molecule has 3 aliphatic rings. The highest BCUT2D eigenvalue weighted by Crippen LogP contribution is 2.50. The van der Waals surface area contributed by atoms with E-state index in [4.69, 9.17) is 5.90 Å². The summed E-state index contributed by atoms with van der Waals surface area (Å²) in [7, 11) is 0. The molecular formula is C25H27N3O4. The number of nitrogens with two attached hydrogens (primary N) is 1. The molecule has 2 aromatic carbocycles. The van der Waals surface area contributed by atoms with Gasteiger partial charge in [-0.05, 0) is 48.4 Å². The molecule has 5 rings (SSSR count). The van der Waals surface area contributed by atoms with E-state index in [-0.39, 0.29) is 24.3 Å². The summed E-state index contributed by atoms with van der Waals surface area (Å²) < 4.78 is 0. The van der Waals surface area contributed by atoms with Crippen molar-refractivity contribution in [3.8, 4) is 0 Å². The summed E-state index contributed by atoms with van der Waals surface area (Å²) in [5.74, 6) is 2.67. The lowest BCUT2D eigenvalue weighted by Gasteiger charge is -2.40. The predicted octanol–water partition coefficient (Wildman–Crippen LogP) is 2.95. The van der Waals surface area contributed by atoms with E-state index >= 15 is 0 Å². The molecule has 1 amide bonds. The zero-order chi connectivity index (χ0) is 22.2. The largest absolute Gasteiger partial charge is 0.382 e. The molecule has 2 heterocycles. The Bertz CT molecular complexity index is 1070. The highest BCUT2D eigenvalue weighted by atomic mass is 16.7. The molecule has 1 fully saturated rings. The van der Waals surface area contributed by atoms with Crippen LogP contribution in [0.2, 0.25) is 0 Å². The lowest BCUT2D eigenvalue weighted by Crippen LogP contribution is -2.43. The van der Waals surface area contributed by atoms with Crippen LogP contribution >= 0.6 is 0 Å². The normalized spacial score (nSPS) is 24.0. The van der Waals surface area contributed by atoms with E-state index in [1.54, 1.807) is 0 Å². The number of rotatable bonds is 5. The number of hydrogen-bond donors (Lipinski definition) is 2. The van der Waals surface area contributed by atoms with Gasteiger partial charge >= 0.3 is 5.97 Å². The third-order valence-electron chi connectivity index (χ3n) is 7.32. The van der Waals surface area contributed by atoms with E-state index in [1.807, 2.05) is 48.5 Å². The number of ketones is 1. The van der Waals surface area contributed by atoms with Crippen molar-refractivity contribution in [1.82, 2.24) is 0 Å². The van der Waals surface area contributed by atoms with Crippen LogP contribution in [0.5, 0.6) is 0 Å². The summed E-state index contributed by atoms with van der Waals surface area (Å²) in [6.45, 7) is 0.469. The maximum atomic E-state index is 13.2. The number of Topliss-reactive ketones (excluding diaryl/α,β-unsaturated/α-hetero) is 1. The summed E-state index contributed by atoms with van der Waals surface area (Å²) in [6, 6.07) is 15.7. The number of anilines is 2. The quantitative estimate of drug-likeness (QED) is 0.555. The lowest BCUT2D eigenvalue weighted by molar-refractivity contribution is -0.152. The Morgan fingerprint density at radius 2 is 1.88 bits per heavy atom. The third kappa shape index (κ3) is 3.46. The Balaban J connectivity index is 1.44. The summed E-state index contributed by atoms with van der Waals surface area (Å²) >= 11 is 0. The predicted molar refractivity (Wildman–Crippen MR) is 120 cm³/mol. The lowest BCUT2D eigenvalue weighted by atomic mass is 9.70. The highest BCUT2D eigenvalue weighted by Gasteiger charge is 2.47. The molecule has 4 atom stereocenters. The van der Waals surface area contributed by atoms with Crippen LogP contribution in [-0.4, -0.2) is 30.2 Å². The minimum atomic E-state index is -0.803. The third-order valence-corrected chi connectivity index (χ3v) is 7.32. The number of hydrogen-bond acceptors (Lipinski definition) is 6. The zero-order valence-electron chi connectivity index (χ0n) is 17.8. The Labute approximate surface area is 186 Å². The molecule has 2 aliphatic heterocycles. The van der Waals surface area contributed by atoms with Gasteiger partial charge in [0.1, 0.15) is 0 Å². The number of fused-ring (bicyclic) bond motifs is 3. The van der Waals surface area contributed by atoms with Crippen molar-refractivity contribution in [2.24, 2.45) is 17.7 Å². The molecule has 2 aromatic rings. The molecule has 4 unspecified atom stereocenters. The van der Waals surface area contributed by atoms with Gasteiger partial charge < -0.3 is 15.1 Å². The first-order valence-corrected chi connectivity index (χ1v) is 11.3. The Morgan fingerprint density at radius 1 is 1.09 bits per heavy atom. The molecule has 0 bridgehead atoms. The molecule has 1 aliphatic carbocycles. The van der Waals surface area contributed by atoms with Crippen LogP contribution in [0.1, 0.15) is 42.7 Å². The number of nitrogens with one attached hydrogen (secondary N) is 1. The second-order valence-electron chi connectivity index (χ2n) is 8.96. The van der Waals surface area contributed by atoms with Gasteiger partial charge in [0.25, 0.3) is 5.91 Å². The van der Waals surface area contributed by atoms with Gasteiger partial charge in [0.2, 0.25) is 5.78 Å².